The number of pyridine rings is 1. The molecule has 0 bridgehead atoms. The number of anilines is 1. The van der Waals surface area contributed by atoms with E-state index in [4.69, 9.17) is 15.2 Å². The van der Waals surface area contributed by atoms with Crippen molar-refractivity contribution < 1.29 is 45.4 Å². The summed E-state index contributed by atoms with van der Waals surface area (Å²) in [5, 5.41) is 2.39. The number of nitrogens with two attached hydrogens (primary N) is 1. The highest BCUT2D eigenvalue weighted by atomic mass is 19.4. The Hall–Kier alpha value is -3.39. The fraction of sp³-hybridized carbons (Fsp3) is 0.500. The molecule has 14 heteroatoms. The maximum atomic E-state index is 15.0. The molecule has 2 fully saturated rings. The molecule has 2 saturated heterocycles. The number of carbonyl (C=O) groups is 2. The van der Waals surface area contributed by atoms with E-state index in [1.807, 2.05) is 0 Å². The van der Waals surface area contributed by atoms with Crippen molar-refractivity contribution in [1.29, 1.82) is 0 Å². The van der Waals surface area contributed by atoms with Crippen molar-refractivity contribution in [2.24, 2.45) is 11.7 Å². The van der Waals surface area contributed by atoms with Crippen LogP contribution in [-0.2, 0) is 9.53 Å². The monoisotopic (exact) mass is 574 g/mol. The van der Waals surface area contributed by atoms with Crippen LogP contribution in [0.25, 0.3) is 0 Å². The normalized spacial score (nSPS) is 26.3. The van der Waals surface area contributed by atoms with Crippen LogP contribution in [0.15, 0.2) is 30.5 Å². The molecule has 2 aromatic rings. The van der Waals surface area contributed by atoms with Crippen LogP contribution in [0, 0.1) is 17.6 Å². The topological polar surface area (TPSA) is 107 Å². The van der Waals surface area contributed by atoms with E-state index in [2.05, 4.69) is 10.3 Å². The lowest BCUT2D eigenvalue weighted by Crippen LogP contribution is -2.57. The van der Waals surface area contributed by atoms with Gasteiger partial charge in [0.1, 0.15) is 24.1 Å². The predicted octanol–water partition coefficient (Wildman–Crippen LogP) is 3.96. The van der Waals surface area contributed by atoms with E-state index in [1.165, 1.54) is 19.9 Å². The maximum Gasteiger partial charge on any atom is 0.417 e. The Balaban J connectivity index is 1.68. The fourth-order valence-corrected chi connectivity index (χ4v) is 5.16. The third-order valence-electron chi connectivity index (χ3n) is 7.41. The Kier molecular flexibility index (Phi) is 7.80. The third-order valence-corrected chi connectivity index (χ3v) is 7.41. The molecule has 40 heavy (non-hydrogen) atoms. The molecule has 0 spiro atoms. The summed E-state index contributed by atoms with van der Waals surface area (Å²) in [6.45, 7) is 3.54. The Bertz CT molecular complexity index is 1300. The number of ether oxygens (including phenoxy) is 2. The van der Waals surface area contributed by atoms with Crippen molar-refractivity contribution in [3.05, 3.63) is 53.4 Å². The van der Waals surface area contributed by atoms with Gasteiger partial charge in [-0.15, -0.1) is 0 Å². The van der Waals surface area contributed by atoms with Gasteiger partial charge in [-0.2, -0.15) is 17.6 Å². The molecule has 0 saturated carbocycles. The smallest absolute Gasteiger partial charge is 0.417 e. The second-order valence-electron chi connectivity index (χ2n) is 10.5. The molecule has 0 aliphatic carbocycles. The van der Waals surface area contributed by atoms with Crippen molar-refractivity contribution in [3.8, 4) is 5.75 Å². The van der Waals surface area contributed by atoms with Crippen LogP contribution < -0.4 is 15.8 Å². The van der Waals surface area contributed by atoms with E-state index < -0.39 is 64.6 Å². The minimum Gasteiger partial charge on any atom is -0.489 e. The van der Waals surface area contributed by atoms with Gasteiger partial charge in [0.25, 0.3) is 11.8 Å². The van der Waals surface area contributed by atoms with Crippen LogP contribution in [0.5, 0.6) is 5.75 Å². The zero-order valence-corrected chi connectivity index (χ0v) is 21.8. The van der Waals surface area contributed by atoms with Crippen molar-refractivity contribution in [2.45, 2.75) is 50.2 Å². The quantitative estimate of drug-likeness (QED) is 0.463. The van der Waals surface area contributed by atoms with Gasteiger partial charge >= 0.3 is 6.18 Å². The Morgan fingerprint density at radius 1 is 1.23 bits per heavy atom. The van der Waals surface area contributed by atoms with Crippen LogP contribution in [0.2, 0.25) is 0 Å². The van der Waals surface area contributed by atoms with Crippen LogP contribution >= 0.6 is 0 Å². The van der Waals surface area contributed by atoms with Crippen molar-refractivity contribution >= 4 is 17.5 Å². The van der Waals surface area contributed by atoms with E-state index in [0.717, 1.165) is 31.3 Å². The molecule has 1 aromatic heterocycles. The van der Waals surface area contributed by atoms with Gasteiger partial charge in [0.05, 0.1) is 0 Å². The summed E-state index contributed by atoms with van der Waals surface area (Å²) < 4.78 is 96.6. The molecule has 3 N–H and O–H groups in total. The van der Waals surface area contributed by atoms with Crippen LogP contribution in [0.4, 0.5) is 32.0 Å². The summed E-state index contributed by atoms with van der Waals surface area (Å²) >= 11 is 0. The number of carbonyl (C=O) groups excluding carboxylic acids is 2. The van der Waals surface area contributed by atoms with E-state index in [-0.39, 0.29) is 43.2 Å². The number of nitrogens with zero attached hydrogens (tertiary/aromatic N) is 2. The van der Waals surface area contributed by atoms with Crippen LogP contribution in [-0.4, -0.2) is 71.5 Å². The number of alkyl halides is 4. The number of primary amides is 1. The zero-order valence-electron chi connectivity index (χ0n) is 21.8. The second kappa shape index (κ2) is 10.5. The molecule has 0 radical (unpaired) electrons. The van der Waals surface area contributed by atoms with Gasteiger partial charge in [-0.3, -0.25) is 19.5 Å². The van der Waals surface area contributed by atoms with E-state index in [0.29, 0.717) is 0 Å². The first-order valence-corrected chi connectivity index (χ1v) is 12.4. The summed E-state index contributed by atoms with van der Waals surface area (Å²) in [5.74, 6) is -8.24. The number of nitrogens with one attached hydrogen (secondary N) is 1. The van der Waals surface area contributed by atoms with E-state index >= 15 is 4.39 Å². The molecule has 3 heterocycles. The number of benzene rings is 1. The van der Waals surface area contributed by atoms with Gasteiger partial charge in [-0.25, -0.2) is 8.78 Å². The van der Waals surface area contributed by atoms with E-state index in [1.54, 1.807) is 4.90 Å². The number of amides is 2. The summed E-state index contributed by atoms with van der Waals surface area (Å²) in [7, 11) is 0. The predicted molar refractivity (Wildman–Crippen MR) is 130 cm³/mol. The van der Waals surface area contributed by atoms with Crippen LogP contribution in [0.1, 0.15) is 42.7 Å². The first-order chi connectivity index (χ1) is 18.5. The number of likely N-dealkylation sites (tertiary alicyclic amines) is 1. The largest absolute Gasteiger partial charge is 0.489 e. The lowest BCUT2D eigenvalue weighted by atomic mass is 9.77. The Morgan fingerprint density at radius 2 is 1.90 bits per heavy atom. The highest BCUT2D eigenvalue weighted by molar-refractivity contribution is 5.97. The summed E-state index contributed by atoms with van der Waals surface area (Å²) in [6, 6.07) is 4.20. The molecular formula is C26H28F6N4O4. The molecule has 2 aliphatic heterocycles. The lowest BCUT2D eigenvalue weighted by molar-refractivity contribution is -0.272. The van der Waals surface area contributed by atoms with Crippen molar-refractivity contribution in [2.75, 3.05) is 31.6 Å². The van der Waals surface area contributed by atoms with Gasteiger partial charge < -0.3 is 20.5 Å². The lowest BCUT2D eigenvalue weighted by Gasteiger charge is -2.42. The van der Waals surface area contributed by atoms with Gasteiger partial charge in [0.15, 0.2) is 17.2 Å². The zero-order chi connectivity index (χ0) is 29.6. The maximum absolute atomic E-state index is 15.0. The average molecular weight is 575 g/mol. The van der Waals surface area contributed by atoms with E-state index in [9.17, 15) is 31.5 Å². The van der Waals surface area contributed by atoms with Gasteiger partial charge in [-0.05, 0) is 32.0 Å². The number of hydrogen-bond acceptors (Lipinski definition) is 6. The molecule has 2 aliphatic rings. The van der Waals surface area contributed by atoms with Gasteiger partial charge in [0.2, 0.25) is 5.82 Å². The molecular weight excluding hydrogens is 546 g/mol. The fourth-order valence-electron chi connectivity index (χ4n) is 5.16. The molecule has 0 unspecified atom stereocenters. The Labute approximate surface area is 225 Å². The molecule has 218 valence electrons. The van der Waals surface area contributed by atoms with Crippen molar-refractivity contribution in [3.63, 3.8) is 0 Å². The van der Waals surface area contributed by atoms with Crippen LogP contribution in [0.3, 0.4) is 0 Å². The van der Waals surface area contributed by atoms with Gasteiger partial charge in [0, 0.05) is 48.9 Å². The minimum absolute atomic E-state index is 0.000543. The number of hydrogen-bond donors (Lipinski definition) is 2. The highest BCUT2D eigenvalue weighted by Gasteiger charge is 2.66. The summed E-state index contributed by atoms with van der Waals surface area (Å²) in [6.07, 6.45) is -5.61. The molecule has 1 aromatic carbocycles. The molecule has 8 nitrogen and oxygen atoms in total. The summed E-state index contributed by atoms with van der Waals surface area (Å²) in [4.78, 5) is 30.2. The number of aromatic nitrogens is 1. The standard InChI is InChI=1S/C26H28F6N4O4/c1-13-18(15-4-5-16(27)19(28)20(15)39-9-8-36-11-24(2,29)12-36)21(40-25(13,3)26(30,31)32)23(38)35-14-6-7-34-17(10-14)22(33)37/h4-7,10,13,18,21H,8-9,11-12H2,1-3H3,(H2,33,37)(H,34,35,38)/t13-,18-,21+,25+/m0/s1. The molecule has 2 amide bonds. The third kappa shape index (κ3) is 5.59. The number of rotatable bonds is 8. The first-order valence-electron chi connectivity index (χ1n) is 12.4. The minimum atomic E-state index is -4.94. The summed E-state index contributed by atoms with van der Waals surface area (Å²) in [5.41, 5.74) is 0.569. The first kappa shape index (κ1) is 29.6. The number of halogens is 6. The average Bonchev–Trinajstić information content (AvgIpc) is 3.12. The molecule has 4 atom stereocenters. The second-order valence-corrected chi connectivity index (χ2v) is 10.5. The Morgan fingerprint density at radius 3 is 2.50 bits per heavy atom. The highest BCUT2D eigenvalue weighted by Crippen LogP contribution is 2.55. The SMILES string of the molecule is C[C@H]1[C@@H](c2ccc(F)c(F)c2OCCN2CC(C)(F)C2)[C@H](C(=O)Nc2ccnc(C(N)=O)c2)O[C@@]1(C)C(F)(F)F. The molecule has 4 rings (SSSR count). The van der Waals surface area contributed by atoms with Crippen molar-refractivity contribution in [1.82, 2.24) is 9.88 Å². The van der Waals surface area contributed by atoms with Gasteiger partial charge in [-0.1, -0.05) is 13.0 Å².